The summed E-state index contributed by atoms with van der Waals surface area (Å²) in [6, 6.07) is -0.898. The topological polar surface area (TPSA) is 86.1 Å². The van der Waals surface area contributed by atoms with E-state index in [-0.39, 0.29) is 18.7 Å². The van der Waals surface area contributed by atoms with Crippen LogP contribution in [0.4, 0.5) is 4.79 Å². The van der Waals surface area contributed by atoms with Gasteiger partial charge in [-0.05, 0) is 34.1 Å². The summed E-state index contributed by atoms with van der Waals surface area (Å²) < 4.78 is 9.66. The van der Waals surface area contributed by atoms with E-state index in [9.17, 15) is 14.4 Å². The third-order valence-corrected chi connectivity index (χ3v) is 2.55. The molecule has 2 unspecified atom stereocenters. The first-order valence-corrected chi connectivity index (χ1v) is 6.51. The lowest BCUT2D eigenvalue weighted by molar-refractivity contribution is -0.145. The smallest absolute Gasteiger partial charge is 0.408 e. The fourth-order valence-electron chi connectivity index (χ4n) is 1.58. The Balaban J connectivity index is 4.83. The van der Waals surface area contributed by atoms with Gasteiger partial charge in [-0.25, -0.2) is 11.4 Å². The van der Waals surface area contributed by atoms with E-state index in [1.54, 1.807) is 20.8 Å². The van der Waals surface area contributed by atoms with E-state index in [1.807, 2.05) is 0 Å². The van der Waals surface area contributed by atoms with Gasteiger partial charge in [-0.2, -0.15) is 0 Å². The van der Waals surface area contributed by atoms with E-state index in [0.717, 1.165) is 0 Å². The van der Waals surface area contributed by atoms with Crippen LogP contribution in [0, 0.1) is 12.5 Å². The summed E-state index contributed by atoms with van der Waals surface area (Å²) in [5, 5.41) is 2.42. The molecular formula is C14H22N2O5. The van der Waals surface area contributed by atoms with E-state index >= 15 is 0 Å². The molecule has 2 atom stereocenters. The number of amides is 1. The van der Waals surface area contributed by atoms with Crippen LogP contribution < -0.4 is 5.32 Å². The number of Topliss-reactive ketones (excluding diaryl/α,β-unsaturated/α-hetero) is 1. The number of hydrogen-bond donors (Lipinski definition) is 1. The second kappa shape index (κ2) is 8.25. The third kappa shape index (κ3) is 7.92. The van der Waals surface area contributed by atoms with Crippen molar-refractivity contribution in [2.24, 2.45) is 5.92 Å². The molecule has 0 bridgehead atoms. The van der Waals surface area contributed by atoms with Crippen molar-refractivity contribution in [2.45, 2.75) is 45.8 Å². The summed E-state index contributed by atoms with van der Waals surface area (Å²) in [7, 11) is 1.21. The largest absolute Gasteiger partial charge is 0.469 e. The Kier molecular flexibility index (Phi) is 7.42. The number of ether oxygens (including phenoxy) is 2. The van der Waals surface area contributed by atoms with Gasteiger partial charge in [0.05, 0.1) is 13.2 Å². The molecule has 1 amide bonds. The second-order valence-electron chi connectivity index (χ2n) is 5.61. The van der Waals surface area contributed by atoms with Crippen LogP contribution in [0.2, 0.25) is 0 Å². The highest BCUT2D eigenvalue weighted by Gasteiger charge is 2.30. The predicted octanol–water partition coefficient (Wildman–Crippen LogP) is 1.57. The lowest BCUT2D eigenvalue weighted by Crippen LogP contribution is -2.44. The minimum atomic E-state index is -0.898. The van der Waals surface area contributed by atoms with Gasteiger partial charge in [0.1, 0.15) is 11.5 Å². The monoisotopic (exact) mass is 298 g/mol. The Morgan fingerprint density at radius 1 is 1.29 bits per heavy atom. The summed E-state index contributed by atoms with van der Waals surface area (Å²) in [5.41, 5.74) is -0.691. The Hall–Kier alpha value is -2.10. The molecule has 0 aliphatic carbocycles. The molecule has 0 aliphatic rings. The molecule has 0 aromatic rings. The number of rotatable bonds is 6. The van der Waals surface area contributed by atoms with Crippen LogP contribution in [0.25, 0.3) is 4.85 Å². The van der Waals surface area contributed by atoms with Gasteiger partial charge < -0.3 is 19.6 Å². The molecule has 7 nitrogen and oxygen atoms in total. The average Bonchev–Trinajstić information content (AvgIpc) is 2.33. The van der Waals surface area contributed by atoms with Gasteiger partial charge in [0.2, 0.25) is 6.54 Å². The zero-order valence-corrected chi connectivity index (χ0v) is 13.1. The van der Waals surface area contributed by atoms with Gasteiger partial charge in [-0.3, -0.25) is 9.59 Å². The van der Waals surface area contributed by atoms with Gasteiger partial charge in [0, 0.05) is 0 Å². The first-order chi connectivity index (χ1) is 9.60. The minimum absolute atomic E-state index is 0.00360. The molecule has 0 saturated carbocycles. The summed E-state index contributed by atoms with van der Waals surface area (Å²) >= 11 is 0. The van der Waals surface area contributed by atoms with Crippen LogP contribution in [0.1, 0.15) is 34.1 Å². The number of nitrogens with one attached hydrogen (secondary N) is 1. The highest BCUT2D eigenvalue weighted by Crippen LogP contribution is 2.12. The van der Waals surface area contributed by atoms with Gasteiger partial charge in [0.25, 0.3) is 0 Å². The molecule has 0 saturated heterocycles. The first kappa shape index (κ1) is 18.9. The molecule has 0 fully saturated rings. The van der Waals surface area contributed by atoms with E-state index in [1.165, 1.54) is 14.0 Å². The van der Waals surface area contributed by atoms with Crippen LogP contribution in [-0.2, 0) is 19.1 Å². The van der Waals surface area contributed by atoms with Crippen molar-refractivity contribution in [2.75, 3.05) is 13.7 Å². The molecule has 0 aromatic carbocycles. The number of alkyl carbamates (subject to hydrolysis) is 1. The van der Waals surface area contributed by atoms with Gasteiger partial charge in [0.15, 0.2) is 5.78 Å². The minimum Gasteiger partial charge on any atom is -0.469 e. The summed E-state index contributed by atoms with van der Waals surface area (Å²) in [6.07, 6.45) is -0.738. The summed E-state index contributed by atoms with van der Waals surface area (Å²) in [4.78, 5) is 38.0. The molecule has 0 spiro atoms. The lowest BCUT2D eigenvalue weighted by atomic mass is 9.97. The van der Waals surface area contributed by atoms with E-state index < -0.39 is 29.6 Å². The van der Waals surface area contributed by atoms with Crippen molar-refractivity contribution in [3.63, 3.8) is 0 Å². The first-order valence-electron chi connectivity index (χ1n) is 6.51. The number of nitrogens with zero attached hydrogens (tertiary/aromatic N) is 1. The molecule has 21 heavy (non-hydrogen) atoms. The van der Waals surface area contributed by atoms with Crippen molar-refractivity contribution in [3.05, 3.63) is 11.4 Å². The molecule has 0 heterocycles. The Bertz CT molecular complexity index is 434. The van der Waals surface area contributed by atoms with Gasteiger partial charge in [-0.15, -0.1) is 0 Å². The number of methoxy groups -OCH3 is 1. The van der Waals surface area contributed by atoms with Crippen LogP contribution in [0.3, 0.4) is 0 Å². The Morgan fingerprint density at radius 3 is 2.24 bits per heavy atom. The molecule has 7 heteroatoms. The van der Waals surface area contributed by atoms with Crippen LogP contribution >= 0.6 is 0 Å². The van der Waals surface area contributed by atoms with Crippen LogP contribution in [0.15, 0.2) is 0 Å². The van der Waals surface area contributed by atoms with Gasteiger partial charge in [-0.1, -0.05) is 0 Å². The summed E-state index contributed by atoms with van der Waals surface area (Å²) in [5.74, 6) is -1.67. The standard InChI is InChI=1S/C14H22N2O5/c1-9(17)11(16-13(19)21-14(2,3)4)7-10(8-15-5)12(18)20-6/h10-11H,7-8H2,1-4,6H3,(H,16,19). The maximum absolute atomic E-state index is 11.7. The van der Waals surface area contributed by atoms with Crippen molar-refractivity contribution in [3.8, 4) is 0 Å². The van der Waals surface area contributed by atoms with Crippen molar-refractivity contribution >= 4 is 17.8 Å². The quantitative estimate of drug-likeness (QED) is 0.594. The van der Waals surface area contributed by atoms with Gasteiger partial charge >= 0.3 is 12.1 Å². The number of carbonyl (C=O) groups is 3. The van der Waals surface area contributed by atoms with Crippen molar-refractivity contribution in [1.29, 1.82) is 0 Å². The average molecular weight is 298 g/mol. The van der Waals surface area contributed by atoms with Crippen molar-refractivity contribution < 1.29 is 23.9 Å². The fraction of sp³-hybridized carbons (Fsp3) is 0.714. The number of carbonyl (C=O) groups excluding carboxylic acids is 3. The van der Waals surface area contributed by atoms with E-state index in [4.69, 9.17) is 11.3 Å². The Morgan fingerprint density at radius 2 is 1.86 bits per heavy atom. The zero-order chi connectivity index (χ0) is 16.6. The predicted molar refractivity (Wildman–Crippen MR) is 75.4 cm³/mol. The molecular weight excluding hydrogens is 276 g/mol. The second-order valence-corrected chi connectivity index (χ2v) is 5.61. The molecule has 118 valence electrons. The molecule has 1 N–H and O–H groups in total. The summed E-state index contributed by atoms with van der Waals surface area (Å²) in [6.45, 7) is 13.1. The zero-order valence-electron chi connectivity index (χ0n) is 13.1. The lowest BCUT2D eigenvalue weighted by Gasteiger charge is -2.23. The molecule has 0 rings (SSSR count). The Labute approximate surface area is 124 Å². The van der Waals surface area contributed by atoms with E-state index in [0.29, 0.717) is 0 Å². The number of hydrogen-bond acceptors (Lipinski definition) is 5. The van der Waals surface area contributed by atoms with Crippen LogP contribution in [-0.4, -0.2) is 43.1 Å². The highest BCUT2D eigenvalue weighted by molar-refractivity contribution is 5.86. The number of ketones is 1. The van der Waals surface area contributed by atoms with E-state index in [2.05, 4.69) is 14.9 Å². The maximum atomic E-state index is 11.7. The molecule has 0 aromatic heterocycles. The molecule has 0 radical (unpaired) electrons. The molecule has 0 aliphatic heterocycles. The fourth-order valence-corrected chi connectivity index (χ4v) is 1.58. The maximum Gasteiger partial charge on any atom is 0.408 e. The SMILES string of the molecule is [C-]#[N+]CC(CC(NC(=O)OC(C)(C)C)C(C)=O)C(=O)OC. The number of esters is 1. The third-order valence-electron chi connectivity index (χ3n) is 2.55. The normalized spacial score (nSPS) is 13.5. The van der Waals surface area contributed by atoms with Crippen LogP contribution in [0.5, 0.6) is 0 Å². The highest BCUT2D eigenvalue weighted by atomic mass is 16.6. The van der Waals surface area contributed by atoms with Crippen molar-refractivity contribution in [1.82, 2.24) is 5.32 Å².